The summed E-state index contributed by atoms with van der Waals surface area (Å²) < 4.78 is 135. The monoisotopic (exact) mass is 717 g/mol. The van der Waals surface area contributed by atoms with Crippen LogP contribution in [0.1, 0.15) is 37.4 Å². The zero-order valence-electron chi connectivity index (χ0n) is 20.7. The van der Waals surface area contributed by atoms with Crippen LogP contribution in [-0.2, 0) is 11.8 Å². The molecule has 42 heavy (non-hydrogen) atoms. The van der Waals surface area contributed by atoms with Crippen molar-refractivity contribution in [3.8, 4) is 6.07 Å². The molecule has 0 atom stereocenters. The summed E-state index contributed by atoms with van der Waals surface area (Å²) in [6.07, 6.45) is -18.9. The van der Waals surface area contributed by atoms with E-state index in [0.717, 1.165) is 39.9 Å². The second kappa shape index (κ2) is 11.4. The van der Waals surface area contributed by atoms with Crippen molar-refractivity contribution in [3.05, 3.63) is 94.5 Å². The van der Waals surface area contributed by atoms with Gasteiger partial charge in [0.15, 0.2) is 0 Å². The first-order valence-electron chi connectivity index (χ1n) is 11.2. The molecule has 0 aromatic heterocycles. The number of halogens is 11. The maximum Gasteiger partial charge on any atom is 0.435 e. The van der Waals surface area contributed by atoms with E-state index in [4.69, 9.17) is 5.26 Å². The normalized spacial score (nSPS) is 12.5. The second-order valence-corrected chi connectivity index (χ2v) is 9.54. The number of anilines is 2. The minimum atomic E-state index is -6.66. The molecule has 3 aromatic carbocycles. The van der Waals surface area contributed by atoms with Crippen molar-refractivity contribution in [1.82, 2.24) is 0 Å². The van der Waals surface area contributed by atoms with Crippen molar-refractivity contribution in [2.75, 3.05) is 15.1 Å². The van der Waals surface area contributed by atoms with Gasteiger partial charge in [0.05, 0.1) is 45.7 Å². The fourth-order valence-corrected chi connectivity index (χ4v) is 4.44. The van der Waals surface area contributed by atoms with Crippen molar-refractivity contribution in [3.63, 3.8) is 0 Å². The molecule has 222 valence electrons. The summed E-state index contributed by atoms with van der Waals surface area (Å²) in [6, 6.07) is 11.7. The number of amides is 2. The molecular weight excluding hydrogens is 703 g/mol. The number of nitriles is 1. The molecular formula is C26H14F10IN3O2. The van der Waals surface area contributed by atoms with E-state index in [-0.39, 0.29) is 37.6 Å². The Labute approximate surface area is 244 Å². The van der Waals surface area contributed by atoms with Crippen molar-refractivity contribution in [1.29, 1.82) is 5.26 Å². The quantitative estimate of drug-likeness (QED) is 0.152. The van der Waals surface area contributed by atoms with Crippen LogP contribution in [0.5, 0.6) is 0 Å². The highest BCUT2D eigenvalue weighted by atomic mass is 127. The Morgan fingerprint density at radius 2 is 1.31 bits per heavy atom. The van der Waals surface area contributed by atoms with Crippen LogP contribution < -0.4 is 8.01 Å². The van der Waals surface area contributed by atoms with E-state index < -0.39 is 58.9 Å². The molecule has 0 spiro atoms. The van der Waals surface area contributed by atoms with Gasteiger partial charge in [-0.15, -0.1) is 0 Å². The number of hydrogen-bond donors (Lipinski definition) is 0. The number of hydrogen-bond acceptors (Lipinski definition) is 3. The van der Waals surface area contributed by atoms with Gasteiger partial charge in [-0.2, -0.15) is 44.8 Å². The van der Waals surface area contributed by atoms with Crippen LogP contribution in [0.15, 0.2) is 66.7 Å². The zero-order valence-corrected chi connectivity index (χ0v) is 22.8. The predicted molar refractivity (Wildman–Crippen MR) is 138 cm³/mol. The largest absolute Gasteiger partial charge is 0.435 e. The van der Waals surface area contributed by atoms with Crippen LogP contribution in [0.3, 0.4) is 0 Å². The first kappa shape index (κ1) is 32.6. The van der Waals surface area contributed by atoms with Crippen molar-refractivity contribution >= 4 is 46.1 Å². The molecule has 0 aliphatic heterocycles. The van der Waals surface area contributed by atoms with E-state index in [1.165, 1.54) is 43.4 Å². The van der Waals surface area contributed by atoms with Gasteiger partial charge in [-0.25, -0.2) is 7.50 Å². The van der Waals surface area contributed by atoms with Crippen LogP contribution in [-0.4, -0.2) is 31.2 Å². The lowest BCUT2D eigenvalue weighted by Gasteiger charge is -2.31. The Balaban J connectivity index is 2.03. The first-order chi connectivity index (χ1) is 19.2. The van der Waals surface area contributed by atoms with E-state index in [9.17, 15) is 53.5 Å². The molecule has 0 heterocycles. The summed E-state index contributed by atoms with van der Waals surface area (Å²) in [5.74, 6) is -1.83. The van der Waals surface area contributed by atoms with Gasteiger partial charge >= 0.3 is 24.2 Å². The van der Waals surface area contributed by atoms with Gasteiger partial charge in [0, 0.05) is 29.4 Å². The Hall–Kier alpha value is -3.88. The topological polar surface area (TPSA) is 64.4 Å². The van der Waals surface area contributed by atoms with E-state index in [0.29, 0.717) is 0 Å². The zero-order chi connectivity index (χ0) is 31.8. The third kappa shape index (κ3) is 6.15. The van der Waals surface area contributed by atoms with Gasteiger partial charge in [0.25, 0.3) is 11.8 Å². The predicted octanol–water partition coefficient (Wildman–Crippen LogP) is 8.14. The molecule has 0 saturated heterocycles. The van der Waals surface area contributed by atoms with Gasteiger partial charge in [0.2, 0.25) is 0 Å². The van der Waals surface area contributed by atoms with Gasteiger partial charge in [-0.05, 0) is 48.5 Å². The third-order valence-corrected chi connectivity index (χ3v) is 6.85. The maximum absolute atomic E-state index is 14.5. The van der Waals surface area contributed by atoms with Crippen LogP contribution >= 0.6 is 22.9 Å². The van der Waals surface area contributed by atoms with E-state index >= 15 is 0 Å². The molecule has 0 radical (unpaired) electrons. The van der Waals surface area contributed by atoms with Crippen LogP contribution in [0.4, 0.5) is 55.3 Å². The fraction of sp³-hybridized carbons (Fsp3) is 0.192. The molecule has 0 aliphatic carbocycles. The van der Waals surface area contributed by atoms with Crippen LogP contribution in [0, 0.1) is 11.3 Å². The van der Waals surface area contributed by atoms with Crippen molar-refractivity contribution in [2.45, 2.75) is 24.2 Å². The molecule has 0 N–H and O–H groups in total. The van der Waals surface area contributed by atoms with E-state index in [1.807, 2.05) is 6.07 Å². The Morgan fingerprint density at radius 1 is 0.762 bits per heavy atom. The molecule has 3 aromatic rings. The number of carbonyl (C=O) groups excluding carboxylic acids is 2. The molecule has 5 nitrogen and oxygen atoms in total. The number of alkyl halides is 10. The lowest BCUT2D eigenvalue weighted by Crippen LogP contribution is -2.50. The van der Waals surface area contributed by atoms with Crippen molar-refractivity contribution < 1.29 is 53.5 Å². The molecule has 2 amide bonds. The van der Waals surface area contributed by atoms with Gasteiger partial charge in [0.1, 0.15) is 0 Å². The highest BCUT2D eigenvalue weighted by Crippen LogP contribution is 2.54. The third-order valence-electron chi connectivity index (χ3n) is 5.89. The SMILES string of the molecule is CN(C(=O)c1cccc(C#N)c1)c1cccc(C(=O)N(I)c2ccc(C(F)(C(F)(F)F)C(F)(F)F)cc2C(F)(F)F)c1. The lowest BCUT2D eigenvalue weighted by atomic mass is 9.92. The fourth-order valence-electron chi connectivity index (χ4n) is 3.74. The second-order valence-electron chi connectivity index (χ2n) is 8.58. The first-order valence-corrected chi connectivity index (χ1v) is 12.1. The highest BCUT2D eigenvalue weighted by Gasteiger charge is 2.73. The van der Waals surface area contributed by atoms with Crippen molar-refractivity contribution in [2.24, 2.45) is 0 Å². The Kier molecular flexibility index (Phi) is 8.87. The summed E-state index contributed by atoms with van der Waals surface area (Å²) in [6.45, 7) is 0. The van der Waals surface area contributed by atoms with Gasteiger partial charge in [-0.1, -0.05) is 18.2 Å². The van der Waals surface area contributed by atoms with E-state index in [2.05, 4.69) is 0 Å². The molecule has 3 rings (SSSR count). The number of nitrogens with zero attached hydrogens (tertiary/aromatic N) is 3. The standard InChI is InChI=1S/C26H14F10IN3O2/c1-39(21(41)15-5-2-4-14(10-15)13-38)18-7-3-6-16(11-18)22(42)40(37)20-9-8-17(12-19(20)24(28,29)30)23(27,25(31,32)33)26(34,35)36/h2-12H,1H3. The average Bonchev–Trinajstić information content (AvgIpc) is 2.93. The summed E-state index contributed by atoms with van der Waals surface area (Å²) in [5.41, 5.74) is -11.8. The Bertz CT molecular complexity index is 1550. The van der Waals surface area contributed by atoms with E-state index in [1.54, 1.807) is 0 Å². The summed E-state index contributed by atoms with van der Waals surface area (Å²) >= 11 is 1.06. The average molecular weight is 717 g/mol. The molecule has 0 bridgehead atoms. The number of rotatable bonds is 5. The molecule has 0 aliphatic rings. The highest BCUT2D eigenvalue weighted by molar-refractivity contribution is 14.1. The minimum Gasteiger partial charge on any atom is -0.311 e. The lowest BCUT2D eigenvalue weighted by molar-refractivity contribution is -0.348. The molecule has 0 fully saturated rings. The van der Waals surface area contributed by atoms with Crippen LogP contribution in [0.2, 0.25) is 0 Å². The Morgan fingerprint density at radius 3 is 1.83 bits per heavy atom. The molecule has 0 unspecified atom stereocenters. The molecule has 16 heteroatoms. The van der Waals surface area contributed by atoms with Gasteiger partial charge in [-0.3, -0.25) is 9.59 Å². The number of benzene rings is 3. The maximum atomic E-state index is 14.5. The molecule has 0 saturated carbocycles. The smallest absolute Gasteiger partial charge is 0.311 e. The minimum absolute atomic E-state index is 0.0713. The summed E-state index contributed by atoms with van der Waals surface area (Å²) in [4.78, 5) is 27.0. The van der Waals surface area contributed by atoms with Gasteiger partial charge < -0.3 is 4.90 Å². The summed E-state index contributed by atoms with van der Waals surface area (Å²) in [5, 5.41) is 9.03. The summed E-state index contributed by atoms with van der Waals surface area (Å²) in [7, 11) is 1.30. The van der Waals surface area contributed by atoms with Crippen LogP contribution in [0.25, 0.3) is 0 Å². The number of carbonyl (C=O) groups is 2.